The summed E-state index contributed by atoms with van der Waals surface area (Å²) in [6, 6.07) is 8.58. The largest absolute Gasteiger partial charge is 0.465 e. The van der Waals surface area contributed by atoms with Crippen LogP contribution in [0, 0.1) is 17.0 Å². The van der Waals surface area contributed by atoms with Gasteiger partial charge in [-0.2, -0.15) is 8.42 Å². The van der Waals surface area contributed by atoms with Crippen molar-refractivity contribution in [1.82, 2.24) is 4.90 Å². The second-order valence-corrected chi connectivity index (χ2v) is 7.74. The van der Waals surface area contributed by atoms with Gasteiger partial charge in [0.2, 0.25) is 0 Å². The van der Waals surface area contributed by atoms with Crippen LogP contribution in [0.4, 0.5) is 5.69 Å². The van der Waals surface area contributed by atoms with E-state index in [9.17, 15) is 23.3 Å². The van der Waals surface area contributed by atoms with E-state index in [1.807, 2.05) is 6.92 Å². The lowest BCUT2D eigenvalue weighted by Gasteiger charge is -2.12. The molecular weight excluding hydrogens is 386 g/mol. The minimum absolute atomic E-state index is 0.145. The number of nitro benzene ring substituents is 1. The van der Waals surface area contributed by atoms with Crippen LogP contribution in [0.1, 0.15) is 15.9 Å². The minimum atomic E-state index is -4.35. The lowest BCUT2D eigenvalue weighted by atomic mass is 10.0. The highest BCUT2D eigenvalue weighted by Gasteiger charge is 2.30. The number of benzene rings is 2. The number of carbonyl (C=O) groups is 1. The van der Waals surface area contributed by atoms with Crippen molar-refractivity contribution in [3.05, 3.63) is 57.6 Å². The van der Waals surface area contributed by atoms with Crippen LogP contribution in [0.15, 0.2) is 45.7 Å². The van der Waals surface area contributed by atoms with Crippen molar-refractivity contribution < 1.29 is 22.9 Å². The van der Waals surface area contributed by atoms with Gasteiger partial charge in [-0.25, -0.2) is 4.79 Å². The molecule has 0 atom stereocenters. The number of hydrogen-bond donors (Lipinski definition) is 0. The monoisotopic (exact) mass is 405 g/mol. The standard InChI is InChI=1S/C18H19N3O6S/c1-12-5-7-13(8-6-12)17-15(21(23)24)9-14(18(22)27-4)10-16(17)28(25,26)19-11-20(2)3/h5-11H,1-4H3. The maximum absolute atomic E-state index is 12.8. The van der Waals surface area contributed by atoms with E-state index in [0.29, 0.717) is 5.56 Å². The van der Waals surface area contributed by atoms with Crippen molar-refractivity contribution in [3.8, 4) is 11.1 Å². The number of ether oxygens (including phenoxy) is 1. The maximum Gasteiger partial charge on any atom is 0.338 e. The fourth-order valence-electron chi connectivity index (χ4n) is 2.41. The first-order chi connectivity index (χ1) is 13.1. The topological polar surface area (TPSA) is 119 Å². The van der Waals surface area contributed by atoms with E-state index in [1.165, 1.54) is 4.90 Å². The van der Waals surface area contributed by atoms with Crippen LogP contribution in [0.5, 0.6) is 0 Å². The van der Waals surface area contributed by atoms with Crippen molar-refractivity contribution in [2.75, 3.05) is 21.2 Å². The number of rotatable bonds is 6. The molecule has 10 heteroatoms. The number of esters is 1. The SMILES string of the molecule is COC(=O)c1cc([N+](=O)[O-])c(-c2ccc(C)cc2)c(S(=O)(=O)N=CN(C)C)c1. The van der Waals surface area contributed by atoms with Crippen LogP contribution < -0.4 is 0 Å². The Hall–Kier alpha value is -3.27. The van der Waals surface area contributed by atoms with E-state index >= 15 is 0 Å². The van der Waals surface area contributed by atoms with Crippen LogP contribution >= 0.6 is 0 Å². The van der Waals surface area contributed by atoms with Gasteiger partial charge in [0.25, 0.3) is 15.7 Å². The normalized spacial score (nSPS) is 11.4. The lowest BCUT2D eigenvalue weighted by molar-refractivity contribution is -0.384. The molecule has 2 aromatic rings. The molecule has 0 radical (unpaired) electrons. The number of nitro groups is 1. The van der Waals surface area contributed by atoms with Crippen molar-refractivity contribution in [2.45, 2.75) is 11.8 Å². The molecule has 0 heterocycles. The molecule has 0 spiro atoms. The summed E-state index contributed by atoms with van der Waals surface area (Å²) < 4.78 is 33.8. The second-order valence-electron chi connectivity index (χ2n) is 6.14. The number of carbonyl (C=O) groups excluding carboxylic acids is 1. The van der Waals surface area contributed by atoms with Crippen molar-refractivity contribution in [2.24, 2.45) is 4.40 Å². The van der Waals surface area contributed by atoms with Crippen LogP contribution in [-0.4, -0.2) is 51.8 Å². The van der Waals surface area contributed by atoms with E-state index in [4.69, 9.17) is 0 Å². The number of sulfonamides is 1. The van der Waals surface area contributed by atoms with Crippen molar-refractivity contribution >= 4 is 28.0 Å². The quantitative estimate of drug-likeness (QED) is 0.238. The van der Waals surface area contributed by atoms with Crippen molar-refractivity contribution in [1.29, 1.82) is 0 Å². The van der Waals surface area contributed by atoms with Gasteiger partial charge in [0, 0.05) is 20.2 Å². The fraction of sp³-hybridized carbons (Fsp3) is 0.222. The Labute approximate surface area is 162 Å². The number of aryl methyl sites for hydroxylation is 1. The average molecular weight is 405 g/mol. The Kier molecular flexibility index (Phi) is 6.14. The lowest BCUT2D eigenvalue weighted by Crippen LogP contribution is -2.12. The van der Waals surface area contributed by atoms with Gasteiger partial charge >= 0.3 is 5.97 Å². The first kappa shape index (κ1) is 21.0. The molecular formula is C18H19N3O6S. The molecule has 0 aliphatic heterocycles. The number of methoxy groups -OCH3 is 1. The smallest absolute Gasteiger partial charge is 0.338 e. The van der Waals surface area contributed by atoms with Gasteiger partial charge in [0.15, 0.2) is 0 Å². The Balaban J connectivity index is 2.92. The summed E-state index contributed by atoms with van der Waals surface area (Å²) in [6.45, 7) is 1.83. The summed E-state index contributed by atoms with van der Waals surface area (Å²) in [5, 5.41) is 11.7. The van der Waals surface area contributed by atoms with E-state index in [1.54, 1.807) is 38.4 Å². The zero-order chi connectivity index (χ0) is 21.1. The maximum atomic E-state index is 12.8. The molecule has 0 bridgehead atoms. The Morgan fingerprint density at radius 1 is 1.21 bits per heavy atom. The Bertz CT molecular complexity index is 1040. The van der Waals surface area contributed by atoms with E-state index in [0.717, 1.165) is 31.1 Å². The molecule has 148 valence electrons. The summed E-state index contributed by atoms with van der Waals surface area (Å²) in [6.07, 6.45) is 1.06. The zero-order valence-electron chi connectivity index (χ0n) is 15.7. The highest BCUT2D eigenvalue weighted by molar-refractivity contribution is 7.90. The third-order valence-corrected chi connectivity index (χ3v) is 4.98. The molecule has 2 aromatic carbocycles. The highest BCUT2D eigenvalue weighted by atomic mass is 32.2. The average Bonchev–Trinajstić information content (AvgIpc) is 2.65. The third-order valence-electron chi connectivity index (χ3n) is 3.73. The molecule has 0 aromatic heterocycles. The minimum Gasteiger partial charge on any atom is -0.465 e. The van der Waals surface area contributed by atoms with Gasteiger partial charge in [0.05, 0.1) is 23.2 Å². The summed E-state index contributed by atoms with van der Waals surface area (Å²) in [5.74, 6) is -0.897. The molecule has 0 aliphatic rings. The Morgan fingerprint density at radius 2 is 1.82 bits per heavy atom. The molecule has 0 saturated carbocycles. The molecule has 0 N–H and O–H groups in total. The summed E-state index contributed by atoms with van der Waals surface area (Å²) >= 11 is 0. The van der Waals surface area contributed by atoms with E-state index < -0.39 is 31.5 Å². The third kappa shape index (κ3) is 4.52. The number of hydrogen-bond acceptors (Lipinski definition) is 6. The molecule has 9 nitrogen and oxygen atoms in total. The molecule has 0 fully saturated rings. The fourth-order valence-corrected chi connectivity index (χ4v) is 3.59. The summed E-state index contributed by atoms with van der Waals surface area (Å²) in [7, 11) is -0.0981. The van der Waals surface area contributed by atoms with Crippen LogP contribution in [0.2, 0.25) is 0 Å². The predicted octanol–water partition coefficient (Wildman–Crippen LogP) is 2.64. The van der Waals surface area contributed by atoms with E-state index in [-0.39, 0.29) is 11.1 Å². The first-order valence-electron chi connectivity index (χ1n) is 8.01. The van der Waals surface area contributed by atoms with Gasteiger partial charge in [-0.3, -0.25) is 10.1 Å². The van der Waals surface area contributed by atoms with Crippen molar-refractivity contribution in [3.63, 3.8) is 0 Å². The Morgan fingerprint density at radius 3 is 2.32 bits per heavy atom. The number of nitrogens with zero attached hydrogens (tertiary/aromatic N) is 3. The van der Waals surface area contributed by atoms with Gasteiger partial charge in [-0.05, 0) is 18.6 Å². The van der Waals surface area contributed by atoms with Gasteiger partial charge in [-0.1, -0.05) is 29.8 Å². The first-order valence-corrected chi connectivity index (χ1v) is 9.45. The molecule has 2 rings (SSSR count). The van der Waals surface area contributed by atoms with Crippen LogP contribution in [-0.2, 0) is 14.8 Å². The molecule has 0 amide bonds. The van der Waals surface area contributed by atoms with Crippen LogP contribution in [0.25, 0.3) is 11.1 Å². The molecule has 0 unspecified atom stereocenters. The zero-order valence-corrected chi connectivity index (χ0v) is 16.6. The highest BCUT2D eigenvalue weighted by Crippen LogP contribution is 2.38. The predicted molar refractivity (Wildman–Crippen MR) is 104 cm³/mol. The summed E-state index contributed by atoms with van der Waals surface area (Å²) in [5.41, 5.74) is 0.266. The van der Waals surface area contributed by atoms with E-state index in [2.05, 4.69) is 9.13 Å². The molecule has 28 heavy (non-hydrogen) atoms. The van der Waals surface area contributed by atoms with Gasteiger partial charge in [0.1, 0.15) is 11.2 Å². The van der Waals surface area contributed by atoms with Crippen LogP contribution in [0.3, 0.4) is 0 Å². The van der Waals surface area contributed by atoms with Gasteiger partial charge < -0.3 is 9.64 Å². The van der Waals surface area contributed by atoms with Gasteiger partial charge in [-0.15, -0.1) is 4.40 Å². The molecule has 0 aliphatic carbocycles. The summed E-state index contributed by atoms with van der Waals surface area (Å²) in [4.78, 5) is 23.8. The second kappa shape index (κ2) is 8.17. The molecule has 0 saturated heterocycles.